The Morgan fingerprint density at radius 3 is 2.62 bits per heavy atom. The molecule has 1 aromatic heterocycles. The topological polar surface area (TPSA) is 85.3 Å². The molecule has 0 bridgehead atoms. The number of nitrogens with zero attached hydrogens (tertiary/aromatic N) is 1. The number of esters is 1. The smallest absolute Gasteiger partial charge is 0.343 e. The summed E-state index contributed by atoms with van der Waals surface area (Å²) in [5.41, 5.74) is 8.62. The molecule has 156 valence electrons. The molecular weight excluding hydrogens is 420 g/mol. The number of thiophene rings is 1. The average molecular weight is 439 g/mol. The van der Waals surface area contributed by atoms with Crippen LogP contribution in [0.5, 0.6) is 11.5 Å². The van der Waals surface area contributed by atoms with Gasteiger partial charge in [-0.3, -0.25) is 0 Å². The van der Waals surface area contributed by atoms with E-state index >= 15 is 0 Å². The minimum Gasteiger partial charge on any atom is -0.439 e. The Bertz CT molecular complexity index is 1430. The van der Waals surface area contributed by atoms with Crippen molar-refractivity contribution >= 4 is 27.4 Å². The van der Waals surface area contributed by atoms with E-state index in [9.17, 15) is 10.1 Å². The highest BCUT2D eigenvalue weighted by Gasteiger charge is 2.36. The maximum Gasteiger partial charge on any atom is 0.343 e. The highest BCUT2D eigenvalue weighted by molar-refractivity contribution is 7.19. The van der Waals surface area contributed by atoms with Crippen LogP contribution in [0.2, 0.25) is 0 Å². The van der Waals surface area contributed by atoms with Gasteiger partial charge in [0.05, 0.1) is 16.4 Å². The Labute approximate surface area is 188 Å². The molecule has 6 heteroatoms. The molecule has 0 radical (unpaired) electrons. The molecule has 0 aliphatic carbocycles. The van der Waals surface area contributed by atoms with Crippen LogP contribution in [-0.2, 0) is 0 Å². The van der Waals surface area contributed by atoms with Crippen LogP contribution in [0.1, 0.15) is 32.3 Å². The van der Waals surface area contributed by atoms with Gasteiger partial charge in [0.2, 0.25) is 5.88 Å². The Balaban J connectivity index is 1.68. The fourth-order valence-electron chi connectivity index (χ4n) is 3.91. The van der Waals surface area contributed by atoms with Gasteiger partial charge in [-0.15, -0.1) is 11.3 Å². The zero-order valence-corrected chi connectivity index (χ0v) is 18.0. The van der Waals surface area contributed by atoms with Crippen molar-refractivity contribution in [1.82, 2.24) is 0 Å². The third kappa shape index (κ3) is 3.29. The van der Waals surface area contributed by atoms with Crippen LogP contribution in [0, 0.1) is 18.3 Å². The molecule has 0 saturated carbocycles. The zero-order valence-electron chi connectivity index (χ0n) is 17.2. The van der Waals surface area contributed by atoms with Gasteiger partial charge in [0.15, 0.2) is 5.75 Å². The standard InChI is InChI=1S/C26H18N2O3S/c1-15-11-12-20(30-26(29)16-7-3-2-4-8-16)18(13-15)22-19(14-27)25(28)31-23-17-9-5-6-10-21(17)32-24(22)23/h2-13,22H,28H2,1H3. The van der Waals surface area contributed by atoms with Gasteiger partial charge in [-0.2, -0.15) is 5.26 Å². The van der Waals surface area contributed by atoms with Crippen molar-refractivity contribution in [3.8, 4) is 17.6 Å². The van der Waals surface area contributed by atoms with Gasteiger partial charge in [-0.05, 0) is 37.3 Å². The second-order valence-electron chi connectivity index (χ2n) is 7.51. The maximum absolute atomic E-state index is 12.8. The number of aryl methyl sites for hydroxylation is 1. The molecule has 0 saturated heterocycles. The lowest BCUT2D eigenvalue weighted by molar-refractivity contribution is 0.0733. The third-order valence-electron chi connectivity index (χ3n) is 5.41. The number of ether oxygens (including phenoxy) is 2. The monoisotopic (exact) mass is 438 g/mol. The number of carbonyl (C=O) groups excluding carboxylic acids is 1. The summed E-state index contributed by atoms with van der Waals surface area (Å²) in [6.45, 7) is 1.95. The van der Waals surface area contributed by atoms with E-state index in [0.717, 1.165) is 20.5 Å². The van der Waals surface area contributed by atoms with E-state index in [0.29, 0.717) is 28.2 Å². The van der Waals surface area contributed by atoms with Gasteiger partial charge in [-0.25, -0.2) is 4.79 Å². The lowest BCUT2D eigenvalue weighted by atomic mass is 9.87. The number of carbonyl (C=O) groups is 1. The number of nitriles is 1. The van der Waals surface area contributed by atoms with Crippen LogP contribution in [0.25, 0.3) is 10.1 Å². The van der Waals surface area contributed by atoms with Crippen LogP contribution in [0.15, 0.2) is 84.3 Å². The van der Waals surface area contributed by atoms with E-state index in [1.165, 1.54) is 0 Å². The largest absolute Gasteiger partial charge is 0.439 e. The van der Waals surface area contributed by atoms with E-state index in [1.54, 1.807) is 41.7 Å². The summed E-state index contributed by atoms with van der Waals surface area (Å²) in [6.07, 6.45) is 0. The summed E-state index contributed by atoms with van der Waals surface area (Å²) in [7, 11) is 0. The van der Waals surface area contributed by atoms with Gasteiger partial charge in [-0.1, -0.05) is 48.0 Å². The van der Waals surface area contributed by atoms with E-state index in [1.807, 2.05) is 49.4 Å². The van der Waals surface area contributed by atoms with Crippen molar-refractivity contribution < 1.29 is 14.3 Å². The first kappa shape index (κ1) is 19.9. The molecule has 32 heavy (non-hydrogen) atoms. The first-order valence-corrected chi connectivity index (χ1v) is 10.8. The van der Waals surface area contributed by atoms with Crippen LogP contribution >= 0.6 is 11.3 Å². The molecule has 0 amide bonds. The summed E-state index contributed by atoms with van der Waals surface area (Å²) in [5.74, 6) is 0.138. The summed E-state index contributed by atoms with van der Waals surface area (Å²) in [6, 6.07) is 24.5. The Kier molecular flexibility index (Phi) is 4.89. The van der Waals surface area contributed by atoms with Gasteiger partial charge in [0.1, 0.15) is 17.4 Å². The number of hydrogen-bond acceptors (Lipinski definition) is 6. The van der Waals surface area contributed by atoms with Crippen LogP contribution in [0.3, 0.4) is 0 Å². The predicted octanol–water partition coefficient (Wildman–Crippen LogP) is 5.65. The lowest BCUT2D eigenvalue weighted by Gasteiger charge is -2.25. The van der Waals surface area contributed by atoms with Crippen molar-refractivity contribution in [1.29, 1.82) is 5.26 Å². The molecule has 2 heterocycles. The van der Waals surface area contributed by atoms with E-state index in [4.69, 9.17) is 15.2 Å². The molecule has 5 nitrogen and oxygen atoms in total. The number of benzene rings is 3. The van der Waals surface area contributed by atoms with Crippen LogP contribution < -0.4 is 15.2 Å². The minimum absolute atomic E-state index is 0.0652. The summed E-state index contributed by atoms with van der Waals surface area (Å²) < 4.78 is 12.7. The lowest BCUT2D eigenvalue weighted by Crippen LogP contribution is -2.21. The second kappa shape index (κ2) is 7.88. The normalized spacial score (nSPS) is 15.1. The SMILES string of the molecule is Cc1ccc(OC(=O)c2ccccc2)c(C2C(C#N)=C(N)Oc3c2sc2ccccc32)c1. The minimum atomic E-state index is -0.500. The molecule has 3 aromatic carbocycles. The first-order valence-electron chi connectivity index (χ1n) is 10.0. The van der Waals surface area contributed by atoms with E-state index < -0.39 is 11.9 Å². The number of nitrogens with two attached hydrogens (primary N) is 1. The first-order chi connectivity index (χ1) is 15.6. The van der Waals surface area contributed by atoms with Gasteiger partial charge >= 0.3 is 5.97 Å². The van der Waals surface area contributed by atoms with Gasteiger partial charge in [0, 0.05) is 15.6 Å². The van der Waals surface area contributed by atoms with Crippen molar-refractivity contribution in [2.24, 2.45) is 5.73 Å². The highest BCUT2D eigenvalue weighted by Crippen LogP contribution is 2.51. The highest BCUT2D eigenvalue weighted by atomic mass is 32.1. The Morgan fingerprint density at radius 2 is 1.84 bits per heavy atom. The quantitative estimate of drug-likeness (QED) is 0.330. The Hall–Kier alpha value is -4.08. The zero-order chi connectivity index (χ0) is 22.2. The Morgan fingerprint density at radius 1 is 1.09 bits per heavy atom. The number of hydrogen-bond donors (Lipinski definition) is 1. The molecule has 1 unspecified atom stereocenters. The number of rotatable bonds is 3. The molecule has 0 fully saturated rings. The maximum atomic E-state index is 12.8. The third-order valence-corrected chi connectivity index (χ3v) is 6.63. The average Bonchev–Trinajstić information content (AvgIpc) is 3.18. The van der Waals surface area contributed by atoms with Crippen molar-refractivity contribution in [2.75, 3.05) is 0 Å². The second-order valence-corrected chi connectivity index (χ2v) is 8.60. The van der Waals surface area contributed by atoms with Crippen molar-refractivity contribution in [3.05, 3.63) is 106 Å². The summed E-state index contributed by atoms with van der Waals surface area (Å²) in [4.78, 5) is 13.7. The fraction of sp³-hybridized carbons (Fsp3) is 0.0769. The predicted molar refractivity (Wildman–Crippen MR) is 124 cm³/mol. The van der Waals surface area contributed by atoms with Crippen molar-refractivity contribution in [3.63, 3.8) is 0 Å². The summed E-state index contributed by atoms with van der Waals surface area (Å²) >= 11 is 1.55. The van der Waals surface area contributed by atoms with Gasteiger partial charge in [0.25, 0.3) is 0 Å². The molecule has 0 spiro atoms. The van der Waals surface area contributed by atoms with Crippen LogP contribution in [-0.4, -0.2) is 5.97 Å². The molecule has 5 rings (SSSR count). The van der Waals surface area contributed by atoms with E-state index in [-0.39, 0.29) is 5.88 Å². The molecule has 1 atom stereocenters. The molecule has 1 aliphatic rings. The van der Waals surface area contributed by atoms with E-state index in [2.05, 4.69) is 6.07 Å². The van der Waals surface area contributed by atoms with Gasteiger partial charge < -0.3 is 15.2 Å². The molecule has 2 N–H and O–H groups in total. The number of allylic oxidation sites excluding steroid dienone is 1. The molecular formula is C26H18N2O3S. The van der Waals surface area contributed by atoms with Crippen LogP contribution in [0.4, 0.5) is 0 Å². The molecule has 4 aromatic rings. The molecule has 1 aliphatic heterocycles. The fourth-order valence-corrected chi connectivity index (χ4v) is 5.17. The van der Waals surface area contributed by atoms with Crippen molar-refractivity contribution in [2.45, 2.75) is 12.8 Å². The summed E-state index contributed by atoms with van der Waals surface area (Å²) in [5, 5.41) is 10.9. The number of fused-ring (bicyclic) bond motifs is 3.